The Bertz CT molecular complexity index is 897. The van der Waals surface area contributed by atoms with Crippen LogP contribution in [0.1, 0.15) is 30.9 Å². The largest absolute Gasteiger partial charge is 0.494 e. The van der Waals surface area contributed by atoms with Gasteiger partial charge in [0.15, 0.2) is 0 Å². The maximum absolute atomic E-state index is 12.2. The molecule has 7 heteroatoms. The van der Waals surface area contributed by atoms with Crippen molar-refractivity contribution in [1.29, 1.82) is 0 Å². The molecule has 0 saturated carbocycles. The predicted octanol–water partition coefficient (Wildman–Crippen LogP) is 3.26. The van der Waals surface area contributed by atoms with Crippen molar-refractivity contribution in [1.82, 2.24) is 5.32 Å². The summed E-state index contributed by atoms with van der Waals surface area (Å²) in [6.07, 6.45) is 1.86. The molecule has 0 aliphatic carbocycles. The number of carbonyl (C=O) groups is 1. The number of para-hydroxylation sites is 1. The van der Waals surface area contributed by atoms with Crippen LogP contribution >= 0.6 is 0 Å². The first-order chi connectivity index (χ1) is 13.3. The summed E-state index contributed by atoms with van der Waals surface area (Å²) in [5.74, 6) is 0.636. The highest BCUT2D eigenvalue weighted by Crippen LogP contribution is 2.20. The number of sulfonamides is 1. The second-order valence-corrected chi connectivity index (χ2v) is 8.50. The number of hydrogen-bond donors (Lipinski definition) is 1. The van der Waals surface area contributed by atoms with Gasteiger partial charge in [-0.25, -0.2) is 8.42 Å². The van der Waals surface area contributed by atoms with Crippen molar-refractivity contribution in [2.45, 2.75) is 33.2 Å². The van der Waals surface area contributed by atoms with E-state index in [0.29, 0.717) is 25.3 Å². The van der Waals surface area contributed by atoms with Crippen molar-refractivity contribution < 1.29 is 17.9 Å². The summed E-state index contributed by atoms with van der Waals surface area (Å²) in [4.78, 5) is 12.2. The van der Waals surface area contributed by atoms with Crippen molar-refractivity contribution in [2.24, 2.45) is 0 Å². The van der Waals surface area contributed by atoms with E-state index >= 15 is 0 Å². The third-order valence-corrected chi connectivity index (χ3v) is 5.40. The van der Waals surface area contributed by atoms with E-state index in [2.05, 4.69) is 5.32 Å². The summed E-state index contributed by atoms with van der Waals surface area (Å²) >= 11 is 0. The summed E-state index contributed by atoms with van der Waals surface area (Å²) < 4.78 is 31.2. The molecule has 0 aliphatic rings. The molecule has 0 heterocycles. The lowest BCUT2D eigenvalue weighted by Gasteiger charge is -2.22. The van der Waals surface area contributed by atoms with Crippen molar-refractivity contribution >= 4 is 21.6 Å². The molecule has 2 aromatic carbocycles. The zero-order valence-corrected chi connectivity index (χ0v) is 17.5. The zero-order valence-electron chi connectivity index (χ0n) is 16.6. The Morgan fingerprint density at radius 3 is 2.57 bits per heavy atom. The highest BCUT2D eigenvalue weighted by Gasteiger charge is 2.17. The highest BCUT2D eigenvalue weighted by atomic mass is 32.2. The first-order valence-electron chi connectivity index (χ1n) is 9.33. The van der Waals surface area contributed by atoms with Crippen LogP contribution in [0.2, 0.25) is 0 Å². The van der Waals surface area contributed by atoms with Crippen molar-refractivity contribution in [3.8, 4) is 5.75 Å². The van der Waals surface area contributed by atoms with Gasteiger partial charge in [0.1, 0.15) is 5.75 Å². The lowest BCUT2D eigenvalue weighted by atomic mass is 10.2. The van der Waals surface area contributed by atoms with Gasteiger partial charge in [-0.05, 0) is 44.0 Å². The van der Waals surface area contributed by atoms with Crippen LogP contribution in [0.4, 0.5) is 5.69 Å². The van der Waals surface area contributed by atoms with E-state index in [1.54, 1.807) is 6.07 Å². The van der Waals surface area contributed by atoms with Gasteiger partial charge in [0.2, 0.25) is 15.9 Å². The lowest BCUT2D eigenvalue weighted by Crippen LogP contribution is -2.32. The third-order valence-electron chi connectivity index (χ3n) is 4.20. The molecule has 0 bridgehead atoms. The molecular weight excluding hydrogens is 376 g/mol. The van der Waals surface area contributed by atoms with Crippen molar-refractivity contribution in [3.63, 3.8) is 0 Å². The Hall–Kier alpha value is -2.54. The van der Waals surface area contributed by atoms with E-state index in [-0.39, 0.29) is 18.9 Å². The summed E-state index contributed by atoms with van der Waals surface area (Å²) in [6.45, 7) is 5.02. The third kappa shape index (κ3) is 6.56. The number of amides is 1. The van der Waals surface area contributed by atoms with Gasteiger partial charge in [0, 0.05) is 25.1 Å². The van der Waals surface area contributed by atoms with Crippen LogP contribution in [0.3, 0.4) is 0 Å². The number of rotatable bonds is 10. The second kappa shape index (κ2) is 10.1. The average molecular weight is 405 g/mol. The number of hydrogen-bond acceptors (Lipinski definition) is 4. The molecule has 0 aliphatic heterocycles. The first kappa shape index (κ1) is 21.8. The maximum atomic E-state index is 12.2. The van der Waals surface area contributed by atoms with Gasteiger partial charge in [-0.15, -0.1) is 0 Å². The fraction of sp³-hybridized carbons (Fsp3) is 0.381. The quantitative estimate of drug-likeness (QED) is 0.659. The average Bonchev–Trinajstić information content (AvgIpc) is 2.63. The van der Waals surface area contributed by atoms with E-state index < -0.39 is 10.0 Å². The smallest absolute Gasteiger partial charge is 0.232 e. The van der Waals surface area contributed by atoms with Gasteiger partial charge < -0.3 is 10.1 Å². The zero-order chi connectivity index (χ0) is 20.6. The first-order valence-corrected chi connectivity index (χ1v) is 11.2. The number of anilines is 1. The fourth-order valence-corrected chi connectivity index (χ4v) is 3.84. The van der Waals surface area contributed by atoms with Gasteiger partial charge in [-0.2, -0.15) is 0 Å². The Labute approximate surface area is 167 Å². The number of benzene rings is 2. The van der Waals surface area contributed by atoms with Gasteiger partial charge in [-0.1, -0.05) is 30.3 Å². The van der Waals surface area contributed by atoms with Gasteiger partial charge in [0.25, 0.3) is 0 Å². The van der Waals surface area contributed by atoms with Crippen LogP contribution in [0.15, 0.2) is 48.5 Å². The molecule has 0 aromatic heterocycles. The van der Waals surface area contributed by atoms with Crippen LogP contribution in [0, 0.1) is 6.92 Å². The highest BCUT2D eigenvalue weighted by molar-refractivity contribution is 7.92. The number of ether oxygens (including phenoxy) is 1. The molecule has 1 amide bonds. The number of nitrogens with one attached hydrogen (secondary N) is 1. The number of nitrogens with zero attached hydrogens (tertiary/aromatic N) is 1. The molecule has 28 heavy (non-hydrogen) atoms. The van der Waals surface area contributed by atoms with E-state index in [0.717, 1.165) is 16.9 Å². The number of carbonyl (C=O) groups excluding carboxylic acids is 1. The summed E-state index contributed by atoms with van der Waals surface area (Å²) in [7, 11) is -3.41. The number of aryl methyl sites for hydroxylation is 1. The summed E-state index contributed by atoms with van der Waals surface area (Å²) in [5.41, 5.74) is 2.51. The van der Waals surface area contributed by atoms with Crippen LogP contribution in [0.25, 0.3) is 0 Å². The lowest BCUT2D eigenvalue weighted by molar-refractivity contribution is -0.121. The Morgan fingerprint density at radius 1 is 1.14 bits per heavy atom. The molecule has 2 aromatic rings. The second-order valence-electron chi connectivity index (χ2n) is 6.60. The van der Waals surface area contributed by atoms with Crippen LogP contribution < -0.4 is 14.4 Å². The molecule has 0 spiro atoms. The van der Waals surface area contributed by atoms with Gasteiger partial charge in [-0.3, -0.25) is 9.10 Å². The minimum absolute atomic E-state index is 0.121. The molecule has 0 unspecified atom stereocenters. The van der Waals surface area contributed by atoms with Crippen LogP contribution in [-0.4, -0.2) is 33.7 Å². The monoisotopic (exact) mass is 404 g/mol. The SMILES string of the molecule is CCOc1ccccc1CNC(=O)CCCN(c1cccc(C)c1)S(C)(=O)=O. The van der Waals surface area contributed by atoms with E-state index in [1.807, 2.05) is 56.3 Å². The van der Waals surface area contributed by atoms with E-state index in [1.165, 1.54) is 10.6 Å². The minimum Gasteiger partial charge on any atom is -0.494 e. The topological polar surface area (TPSA) is 75.7 Å². The molecule has 0 saturated heterocycles. The molecule has 0 radical (unpaired) electrons. The van der Waals surface area contributed by atoms with Gasteiger partial charge in [0.05, 0.1) is 18.6 Å². The Kier molecular flexibility index (Phi) is 7.87. The molecule has 1 N–H and O–H groups in total. The molecule has 152 valence electrons. The fourth-order valence-electron chi connectivity index (χ4n) is 2.88. The maximum Gasteiger partial charge on any atom is 0.232 e. The molecule has 0 atom stereocenters. The van der Waals surface area contributed by atoms with E-state index in [9.17, 15) is 13.2 Å². The normalized spacial score (nSPS) is 11.1. The standard InChI is InChI=1S/C21H28N2O4S/c1-4-27-20-12-6-5-10-18(20)16-22-21(24)13-8-14-23(28(3,25)26)19-11-7-9-17(2)15-19/h5-7,9-12,15H,4,8,13-14,16H2,1-3H3,(H,22,24). The summed E-state index contributed by atoms with van der Waals surface area (Å²) in [5, 5.41) is 2.87. The Balaban J connectivity index is 1.89. The predicted molar refractivity (Wildman–Crippen MR) is 112 cm³/mol. The molecule has 0 fully saturated rings. The van der Waals surface area contributed by atoms with Crippen molar-refractivity contribution in [3.05, 3.63) is 59.7 Å². The molecule has 6 nitrogen and oxygen atoms in total. The Morgan fingerprint density at radius 2 is 1.89 bits per heavy atom. The van der Waals surface area contributed by atoms with Crippen molar-refractivity contribution in [2.75, 3.05) is 23.7 Å². The van der Waals surface area contributed by atoms with E-state index in [4.69, 9.17) is 4.74 Å². The van der Waals surface area contributed by atoms with Crippen LogP contribution in [-0.2, 0) is 21.4 Å². The summed E-state index contributed by atoms with van der Waals surface area (Å²) in [6, 6.07) is 14.9. The van der Waals surface area contributed by atoms with Gasteiger partial charge >= 0.3 is 0 Å². The minimum atomic E-state index is -3.41. The van der Waals surface area contributed by atoms with Crippen LogP contribution in [0.5, 0.6) is 5.75 Å². The molecular formula is C21H28N2O4S. The molecule has 2 rings (SSSR count).